The van der Waals surface area contributed by atoms with Gasteiger partial charge in [0.05, 0.1) is 6.61 Å². The van der Waals surface area contributed by atoms with Crippen molar-refractivity contribution in [2.75, 3.05) is 19.7 Å². The van der Waals surface area contributed by atoms with Crippen molar-refractivity contribution in [1.29, 1.82) is 0 Å². The summed E-state index contributed by atoms with van der Waals surface area (Å²) in [7, 11) is 0. The molecule has 0 spiro atoms. The van der Waals surface area contributed by atoms with Crippen LogP contribution in [-0.4, -0.2) is 47.3 Å². The molecule has 3 rings (SSSR count). The minimum absolute atomic E-state index is 0.0157. The molecule has 0 aliphatic carbocycles. The molecule has 33 heavy (non-hydrogen) atoms. The topological polar surface area (TPSA) is 57.6 Å². The Hall–Kier alpha value is -2.37. The molecule has 5 heteroatoms. The number of β-amino-alcohol motifs (C(OH)–C–C–N with tert-alkyl or cyclic N) is 1. The number of aliphatic hydroxyl groups is 1. The van der Waals surface area contributed by atoms with E-state index in [1.165, 1.54) is 24.6 Å². The number of hydrogen-bond acceptors (Lipinski definition) is 4. The van der Waals surface area contributed by atoms with Crippen molar-refractivity contribution in [3.05, 3.63) is 71.0 Å². The van der Waals surface area contributed by atoms with Crippen LogP contribution in [-0.2, 0) is 17.6 Å². The van der Waals surface area contributed by atoms with Crippen molar-refractivity contribution in [1.82, 2.24) is 4.90 Å². The maximum absolute atomic E-state index is 13.2. The molecule has 1 aliphatic heterocycles. The molecule has 1 aliphatic rings. The Morgan fingerprint density at radius 1 is 1.09 bits per heavy atom. The van der Waals surface area contributed by atoms with Gasteiger partial charge in [0.1, 0.15) is 11.6 Å². The van der Waals surface area contributed by atoms with E-state index in [1.54, 1.807) is 6.07 Å². The molecule has 0 bridgehead atoms. The van der Waals surface area contributed by atoms with Gasteiger partial charge in [0, 0.05) is 31.0 Å². The minimum Gasteiger partial charge on any atom is -0.395 e. The fourth-order valence-electron chi connectivity index (χ4n) is 4.96. The SMILES string of the molecule is CC(=O)c1cccc(CC(=O)CCCC[C@H]2C[C@H](Cc3ccc(F)cc3)CCN2CCO)c1. The first-order valence-corrected chi connectivity index (χ1v) is 12.2. The predicted octanol–water partition coefficient (Wildman–Crippen LogP) is 5.02. The molecule has 1 N–H and O–H groups in total. The Morgan fingerprint density at radius 3 is 2.61 bits per heavy atom. The summed E-state index contributed by atoms with van der Waals surface area (Å²) in [5.41, 5.74) is 2.73. The number of likely N-dealkylation sites (tertiary alicyclic amines) is 1. The summed E-state index contributed by atoms with van der Waals surface area (Å²) in [6.07, 6.45) is 6.91. The molecule has 0 unspecified atom stereocenters. The number of rotatable bonds is 12. The summed E-state index contributed by atoms with van der Waals surface area (Å²) in [6.45, 7) is 3.37. The number of aliphatic hydroxyl groups excluding tert-OH is 1. The van der Waals surface area contributed by atoms with Crippen molar-refractivity contribution < 1.29 is 19.1 Å². The number of unbranched alkanes of at least 4 members (excludes halogenated alkanes) is 1. The molecule has 178 valence electrons. The average Bonchev–Trinajstić information content (AvgIpc) is 2.80. The van der Waals surface area contributed by atoms with Crippen LogP contribution in [0.1, 0.15) is 66.9 Å². The van der Waals surface area contributed by atoms with Crippen LogP contribution < -0.4 is 0 Å². The van der Waals surface area contributed by atoms with Gasteiger partial charge in [-0.05, 0) is 80.8 Å². The van der Waals surface area contributed by atoms with Crippen molar-refractivity contribution in [2.24, 2.45) is 5.92 Å². The highest BCUT2D eigenvalue weighted by Gasteiger charge is 2.27. The second kappa shape index (κ2) is 12.8. The van der Waals surface area contributed by atoms with Gasteiger partial charge in [0.2, 0.25) is 0 Å². The maximum Gasteiger partial charge on any atom is 0.159 e. The third kappa shape index (κ3) is 8.17. The van der Waals surface area contributed by atoms with Gasteiger partial charge >= 0.3 is 0 Å². The fraction of sp³-hybridized carbons (Fsp3) is 0.500. The van der Waals surface area contributed by atoms with Crippen molar-refractivity contribution in [2.45, 2.75) is 64.3 Å². The van der Waals surface area contributed by atoms with Crippen LogP contribution in [0.3, 0.4) is 0 Å². The monoisotopic (exact) mass is 453 g/mol. The van der Waals surface area contributed by atoms with E-state index in [2.05, 4.69) is 4.90 Å². The van der Waals surface area contributed by atoms with Crippen LogP contribution in [0.15, 0.2) is 48.5 Å². The molecule has 4 nitrogen and oxygen atoms in total. The van der Waals surface area contributed by atoms with E-state index in [1.807, 2.05) is 30.3 Å². The molecule has 1 saturated heterocycles. The highest BCUT2D eigenvalue weighted by Crippen LogP contribution is 2.29. The zero-order valence-electron chi connectivity index (χ0n) is 19.6. The third-order valence-corrected chi connectivity index (χ3v) is 6.75. The van der Waals surface area contributed by atoms with Gasteiger partial charge < -0.3 is 5.11 Å². The summed E-state index contributed by atoms with van der Waals surface area (Å²) >= 11 is 0. The zero-order valence-corrected chi connectivity index (χ0v) is 19.6. The summed E-state index contributed by atoms with van der Waals surface area (Å²) in [6, 6.07) is 14.6. The lowest BCUT2D eigenvalue weighted by molar-refractivity contribution is -0.118. The first kappa shape index (κ1) is 25.3. The molecule has 0 aromatic heterocycles. The highest BCUT2D eigenvalue weighted by molar-refractivity contribution is 5.94. The van der Waals surface area contributed by atoms with Gasteiger partial charge in [-0.3, -0.25) is 14.5 Å². The second-order valence-corrected chi connectivity index (χ2v) is 9.35. The predicted molar refractivity (Wildman–Crippen MR) is 129 cm³/mol. The van der Waals surface area contributed by atoms with E-state index in [0.717, 1.165) is 50.6 Å². The summed E-state index contributed by atoms with van der Waals surface area (Å²) in [5, 5.41) is 9.46. The van der Waals surface area contributed by atoms with Crippen LogP contribution in [0.5, 0.6) is 0 Å². The number of nitrogens with zero attached hydrogens (tertiary/aromatic N) is 1. The minimum atomic E-state index is -0.199. The lowest BCUT2D eigenvalue weighted by Gasteiger charge is -2.39. The van der Waals surface area contributed by atoms with Gasteiger partial charge in [-0.15, -0.1) is 0 Å². The largest absolute Gasteiger partial charge is 0.395 e. The van der Waals surface area contributed by atoms with E-state index in [4.69, 9.17) is 0 Å². The Kier molecular flexibility index (Phi) is 9.76. The summed E-state index contributed by atoms with van der Waals surface area (Å²) < 4.78 is 13.2. The van der Waals surface area contributed by atoms with Crippen molar-refractivity contribution in [3.63, 3.8) is 0 Å². The first-order valence-electron chi connectivity index (χ1n) is 12.2. The number of hydrogen-bond donors (Lipinski definition) is 1. The lowest BCUT2D eigenvalue weighted by Crippen LogP contribution is -2.44. The average molecular weight is 454 g/mol. The Balaban J connectivity index is 1.45. The van der Waals surface area contributed by atoms with E-state index in [0.29, 0.717) is 36.9 Å². The van der Waals surface area contributed by atoms with Crippen LogP contribution in [0.4, 0.5) is 4.39 Å². The molecule has 2 aromatic rings. The lowest BCUT2D eigenvalue weighted by atomic mass is 9.84. The standard InChI is InChI=1S/C28H36FNO3/c1-21(32)25-6-4-5-23(18-25)20-28(33)8-3-2-7-27-19-24(13-14-30(27)15-16-31)17-22-9-11-26(29)12-10-22/h4-6,9-12,18,24,27,31H,2-3,7-8,13-17,19-20H2,1H3/t24-,27-/m0/s1. The molecule has 0 saturated carbocycles. The van der Waals surface area contributed by atoms with E-state index >= 15 is 0 Å². The fourth-order valence-corrected chi connectivity index (χ4v) is 4.96. The highest BCUT2D eigenvalue weighted by atomic mass is 19.1. The number of benzene rings is 2. The van der Waals surface area contributed by atoms with Gasteiger partial charge in [-0.2, -0.15) is 0 Å². The maximum atomic E-state index is 13.2. The smallest absolute Gasteiger partial charge is 0.159 e. The van der Waals surface area contributed by atoms with Gasteiger partial charge in [-0.1, -0.05) is 36.8 Å². The molecule has 1 fully saturated rings. The number of halogens is 1. The molecule has 0 radical (unpaired) electrons. The Bertz CT molecular complexity index is 912. The van der Waals surface area contributed by atoms with Crippen LogP contribution in [0, 0.1) is 11.7 Å². The number of piperidine rings is 1. The molecule has 2 atom stereocenters. The molecular weight excluding hydrogens is 417 g/mol. The number of ketones is 2. The molecule has 2 aromatic carbocycles. The van der Waals surface area contributed by atoms with Gasteiger partial charge in [0.15, 0.2) is 5.78 Å². The number of carbonyl (C=O) groups excluding carboxylic acids is 2. The second-order valence-electron chi connectivity index (χ2n) is 9.35. The Labute approximate surface area is 196 Å². The first-order chi connectivity index (χ1) is 15.9. The normalized spacial score (nSPS) is 18.9. The zero-order chi connectivity index (χ0) is 23.6. The Morgan fingerprint density at radius 2 is 1.88 bits per heavy atom. The van der Waals surface area contributed by atoms with Gasteiger partial charge in [-0.25, -0.2) is 4.39 Å². The van der Waals surface area contributed by atoms with Crippen LogP contribution >= 0.6 is 0 Å². The molecule has 1 heterocycles. The molecule has 0 amide bonds. The van der Waals surface area contributed by atoms with E-state index in [9.17, 15) is 19.1 Å². The number of Topliss-reactive ketones (excluding diaryl/α,β-unsaturated/α-hetero) is 2. The quantitative estimate of drug-likeness (QED) is 0.362. The number of carbonyl (C=O) groups is 2. The third-order valence-electron chi connectivity index (χ3n) is 6.75. The van der Waals surface area contributed by atoms with E-state index in [-0.39, 0.29) is 24.0 Å². The van der Waals surface area contributed by atoms with Crippen molar-refractivity contribution in [3.8, 4) is 0 Å². The van der Waals surface area contributed by atoms with Crippen LogP contribution in [0.25, 0.3) is 0 Å². The summed E-state index contributed by atoms with van der Waals surface area (Å²) in [4.78, 5) is 26.4. The summed E-state index contributed by atoms with van der Waals surface area (Å²) in [5.74, 6) is 0.587. The van der Waals surface area contributed by atoms with E-state index < -0.39 is 0 Å². The molecular formula is C28H36FNO3. The van der Waals surface area contributed by atoms with Gasteiger partial charge in [0.25, 0.3) is 0 Å². The van der Waals surface area contributed by atoms with Crippen molar-refractivity contribution >= 4 is 11.6 Å². The van der Waals surface area contributed by atoms with Crippen LogP contribution in [0.2, 0.25) is 0 Å².